The molecule has 0 aromatic rings. The van der Waals surface area contributed by atoms with Gasteiger partial charge in [0.05, 0.1) is 6.54 Å². The third-order valence-electron chi connectivity index (χ3n) is 3.31. The molecule has 0 unspecified atom stereocenters. The molecule has 1 aliphatic rings. The lowest BCUT2D eigenvalue weighted by atomic mass is 9.92. The van der Waals surface area contributed by atoms with E-state index in [0.29, 0.717) is 12.0 Å². The normalized spacial score (nSPS) is 20.2. The first kappa shape index (κ1) is 14.7. The Hall–Kier alpha value is -0.410. The third-order valence-corrected chi connectivity index (χ3v) is 3.31. The van der Waals surface area contributed by atoms with Crippen LogP contribution in [-0.2, 0) is 4.79 Å². The highest BCUT2D eigenvalue weighted by Crippen LogP contribution is 2.19. The van der Waals surface area contributed by atoms with Crippen molar-refractivity contribution in [2.75, 3.05) is 39.3 Å². The molecule has 3 heteroatoms. The third kappa shape index (κ3) is 6.79. The molecule has 17 heavy (non-hydrogen) atoms. The highest BCUT2D eigenvalue weighted by atomic mass is 16.1. The van der Waals surface area contributed by atoms with Gasteiger partial charge in [-0.05, 0) is 44.8 Å². The summed E-state index contributed by atoms with van der Waals surface area (Å²) in [6.45, 7) is 14.8. The minimum Gasteiger partial charge on any atom is -0.302 e. The molecule has 0 amide bonds. The van der Waals surface area contributed by atoms with Crippen LogP contribution in [0.25, 0.3) is 0 Å². The van der Waals surface area contributed by atoms with Crippen molar-refractivity contribution < 1.29 is 4.79 Å². The van der Waals surface area contributed by atoms with Gasteiger partial charge in [0.2, 0.25) is 0 Å². The Morgan fingerprint density at radius 3 is 2.24 bits per heavy atom. The number of Topliss-reactive ketones (excluding diaryl/α,β-unsaturated/α-hetero) is 1. The van der Waals surface area contributed by atoms with E-state index in [4.69, 9.17) is 0 Å². The van der Waals surface area contributed by atoms with Crippen LogP contribution < -0.4 is 0 Å². The van der Waals surface area contributed by atoms with Crippen molar-refractivity contribution in [3.63, 3.8) is 0 Å². The van der Waals surface area contributed by atoms with Crippen LogP contribution in [0, 0.1) is 5.41 Å². The summed E-state index contributed by atoms with van der Waals surface area (Å²) < 4.78 is 0. The van der Waals surface area contributed by atoms with Crippen LogP contribution in [0.4, 0.5) is 0 Å². The van der Waals surface area contributed by atoms with Crippen LogP contribution in [0.3, 0.4) is 0 Å². The summed E-state index contributed by atoms with van der Waals surface area (Å²) in [5, 5.41) is 0. The van der Waals surface area contributed by atoms with Crippen molar-refractivity contribution in [3.05, 3.63) is 0 Å². The summed E-state index contributed by atoms with van der Waals surface area (Å²) in [5.74, 6) is 0.285. The van der Waals surface area contributed by atoms with Gasteiger partial charge < -0.3 is 4.90 Å². The van der Waals surface area contributed by atoms with Crippen LogP contribution >= 0.6 is 0 Å². The Balaban J connectivity index is 2.30. The van der Waals surface area contributed by atoms with Crippen molar-refractivity contribution in [3.8, 4) is 0 Å². The zero-order valence-electron chi connectivity index (χ0n) is 12.0. The van der Waals surface area contributed by atoms with E-state index < -0.39 is 0 Å². The van der Waals surface area contributed by atoms with Gasteiger partial charge in [0.25, 0.3) is 0 Å². The maximum absolute atomic E-state index is 11.1. The van der Waals surface area contributed by atoms with Crippen LogP contribution in [0.2, 0.25) is 0 Å². The zero-order valence-corrected chi connectivity index (χ0v) is 12.0. The van der Waals surface area contributed by atoms with E-state index in [-0.39, 0.29) is 5.78 Å². The van der Waals surface area contributed by atoms with Crippen LogP contribution in [0.15, 0.2) is 0 Å². The Morgan fingerprint density at radius 1 is 1.06 bits per heavy atom. The maximum atomic E-state index is 11.1. The molecule has 1 saturated heterocycles. The molecule has 1 rings (SSSR count). The van der Waals surface area contributed by atoms with Gasteiger partial charge in [-0.1, -0.05) is 20.8 Å². The number of rotatable bonds is 4. The smallest absolute Gasteiger partial charge is 0.143 e. The lowest BCUT2D eigenvalue weighted by Crippen LogP contribution is -2.34. The van der Waals surface area contributed by atoms with E-state index in [1.165, 1.54) is 25.9 Å². The minimum absolute atomic E-state index is 0.285. The number of ketones is 1. The predicted molar refractivity (Wildman–Crippen MR) is 72.3 cm³/mol. The summed E-state index contributed by atoms with van der Waals surface area (Å²) in [5.41, 5.74) is 0.422. The number of carbonyl (C=O) groups excluding carboxylic acids is 1. The molecule has 1 heterocycles. The second-order valence-electron chi connectivity index (χ2n) is 6.48. The molecule has 0 aromatic heterocycles. The zero-order chi connectivity index (χ0) is 12.9. The monoisotopic (exact) mass is 240 g/mol. The van der Waals surface area contributed by atoms with E-state index >= 15 is 0 Å². The van der Waals surface area contributed by atoms with Crippen LogP contribution in [-0.4, -0.2) is 54.9 Å². The molecule has 1 aliphatic heterocycles. The molecule has 0 aromatic carbocycles. The highest BCUT2D eigenvalue weighted by Gasteiger charge is 2.17. The molecule has 0 bridgehead atoms. The first-order valence-corrected chi connectivity index (χ1v) is 6.81. The van der Waals surface area contributed by atoms with Crippen molar-refractivity contribution in [2.45, 2.75) is 40.5 Å². The summed E-state index contributed by atoms with van der Waals surface area (Å²) in [6.07, 6.45) is 2.44. The average molecular weight is 240 g/mol. The Morgan fingerprint density at radius 2 is 1.65 bits per heavy atom. The summed E-state index contributed by atoms with van der Waals surface area (Å²) >= 11 is 0. The van der Waals surface area contributed by atoms with Gasteiger partial charge in [-0.25, -0.2) is 0 Å². The van der Waals surface area contributed by atoms with Gasteiger partial charge in [-0.15, -0.1) is 0 Å². The van der Waals surface area contributed by atoms with E-state index in [1.54, 1.807) is 6.92 Å². The lowest BCUT2D eigenvalue weighted by molar-refractivity contribution is -0.118. The van der Waals surface area contributed by atoms with Crippen LogP contribution in [0.5, 0.6) is 0 Å². The number of hydrogen-bond acceptors (Lipinski definition) is 3. The molecule has 0 atom stereocenters. The molecule has 0 aliphatic carbocycles. The Bertz CT molecular complexity index is 245. The molecule has 0 N–H and O–H groups in total. The van der Waals surface area contributed by atoms with E-state index in [0.717, 1.165) is 19.6 Å². The fourth-order valence-electron chi connectivity index (χ4n) is 2.21. The van der Waals surface area contributed by atoms with Crippen LogP contribution in [0.1, 0.15) is 40.5 Å². The van der Waals surface area contributed by atoms with Gasteiger partial charge in [-0.3, -0.25) is 9.69 Å². The summed E-state index contributed by atoms with van der Waals surface area (Å²) in [4.78, 5) is 15.9. The highest BCUT2D eigenvalue weighted by molar-refractivity contribution is 5.77. The van der Waals surface area contributed by atoms with E-state index in [1.807, 2.05) is 0 Å². The van der Waals surface area contributed by atoms with Gasteiger partial charge in [0.15, 0.2) is 0 Å². The fourth-order valence-corrected chi connectivity index (χ4v) is 2.21. The predicted octanol–water partition coefficient (Wildman–Crippen LogP) is 2.02. The van der Waals surface area contributed by atoms with Crippen molar-refractivity contribution in [1.82, 2.24) is 9.80 Å². The van der Waals surface area contributed by atoms with E-state index in [9.17, 15) is 4.79 Å². The summed E-state index contributed by atoms with van der Waals surface area (Å²) in [7, 11) is 0. The fraction of sp³-hybridized carbons (Fsp3) is 0.929. The van der Waals surface area contributed by atoms with Gasteiger partial charge in [0.1, 0.15) is 5.78 Å². The summed E-state index contributed by atoms with van der Waals surface area (Å²) in [6, 6.07) is 0. The van der Waals surface area contributed by atoms with Crippen molar-refractivity contribution in [1.29, 1.82) is 0 Å². The second-order valence-corrected chi connectivity index (χ2v) is 6.48. The largest absolute Gasteiger partial charge is 0.302 e. The van der Waals surface area contributed by atoms with Gasteiger partial charge in [0, 0.05) is 13.1 Å². The molecule has 0 radical (unpaired) electrons. The maximum Gasteiger partial charge on any atom is 0.143 e. The SMILES string of the molecule is CC(=O)CN1CCCN(CCC(C)(C)C)CC1. The molecular formula is C14H28N2O. The first-order chi connectivity index (χ1) is 7.87. The quantitative estimate of drug-likeness (QED) is 0.751. The van der Waals surface area contributed by atoms with Gasteiger partial charge >= 0.3 is 0 Å². The second kappa shape index (κ2) is 6.50. The standard InChI is InChI=1S/C14H28N2O/c1-13(17)12-16-8-5-7-15(10-11-16)9-6-14(2,3)4/h5-12H2,1-4H3. The van der Waals surface area contributed by atoms with E-state index in [2.05, 4.69) is 30.6 Å². The van der Waals surface area contributed by atoms with Crippen molar-refractivity contribution in [2.24, 2.45) is 5.41 Å². The molecule has 0 spiro atoms. The molecule has 100 valence electrons. The number of carbonyl (C=O) groups is 1. The lowest BCUT2D eigenvalue weighted by Gasteiger charge is -2.25. The molecule has 3 nitrogen and oxygen atoms in total. The number of nitrogens with zero attached hydrogens (tertiary/aromatic N) is 2. The molecular weight excluding hydrogens is 212 g/mol. The van der Waals surface area contributed by atoms with Crippen molar-refractivity contribution >= 4 is 5.78 Å². The first-order valence-electron chi connectivity index (χ1n) is 6.81. The average Bonchev–Trinajstić information content (AvgIpc) is 2.38. The topological polar surface area (TPSA) is 23.6 Å². The Kier molecular flexibility index (Phi) is 5.60. The Labute approximate surface area is 106 Å². The number of hydrogen-bond donors (Lipinski definition) is 0. The molecule has 1 fully saturated rings. The van der Waals surface area contributed by atoms with Gasteiger partial charge in [-0.2, -0.15) is 0 Å². The minimum atomic E-state index is 0.285. The molecule has 0 saturated carbocycles.